The Hall–Kier alpha value is -2.59. The maximum Gasteiger partial charge on any atom is 0.414 e. The number of hydrogen-bond acceptors (Lipinski definition) is 6. The average molecular weight is 554 g/mol. The summed E-state index contributed by atoms with van der Waals surface area (Å²) in [5.41, 5.74) is 1.23. The molecule has 0 spiro atoms. The van der Waals surface area contributed by atoms with Gasteiger partial charge in [-0.2, -0.15) is 0 Å². The van der Waals surface area contributed by atoms with Crippen molar-refractivity contribution in [2.24, 2.45) is 5.92 Å². The summed E-state index contributed by atoms with van der Waals surface area (Å²) in [6, 6.07) is 7.23. The van der Waals surface area contributed by atoms with Crippen LogP contribution in [-0.2, 0) is 9.53 Å². The monoisotopic (exact) mass is 553 g/mol. The lowest BCUT2D eigenvalue weighted by molar-refractivity contribution is -0.139. The maximum atomic E-state index is 13.2. The minimum absolute atomic E-state index is 0.0479. The fourth-order valence-electron chi connectivity index (χ4n) is 4.04. The molecule has 1 aromatic heterocycles. The number of ether oxygens (including phenoxy) is 2. The second kappa shape index (κ2) is 11.7. The zero-order chi connectivity index (χ0) is 24.8. The molecule has 0 aliphatic heterocycles. The second-order valence-corrected chi connectivity index (χ2v) is 10.3. The Balaban J connectivity index is 2.07. The van der Waals surface area contributed by atoms with Crippen LogP contribution in [0.5, 0.6) is 5.75 Å². The van der Waals surface area contributed by atoms with Crippen molar-refractivity contribution in [3.05, 3.63) is 33.6 Å². The highest BCUT2D eigenvalue weighted by atomic mass is 79.9. The quantitative estimate of drug-likeness (QED) is 0.376. The lowest BCUT2D eigenvalue weighted by Crippen LogP contribution is -2.38. The largest absolute Gasteiger partial charge is 0.479 e. The predicted octanol–water partition coefficient (Wildman–Crippen LogP) is 6.27. The molecular weight excluding hydrogens is 526 g/mol. The summed E-state index contributed by atoms with van der Waals surface area (Å²) in [5.74, 6) is -2.15. The average Bonchev–Trinajstić information content (AvgIpc) is 3.12. The molecule has 0 radical (unpaired) electrons. The number of carbonyl (C=O) groups excluding carboxylic acids is 1. The van der Waals surface area contributed by atoms with E-state index >= 15 is 0 Å². The summed E-state index contributed by atoms with van der Waals surface area (Å²) in [6.07, 6.45) is 4.77. The highest BCUT2D eigenvalue weighted by Gasteiger charge is 2.30. The Morgan fingerprint density at radius 3 is 2.44 bits per heavy atom. The van der Waals surface area contributed by atoms with Crippen molar-refractivity contribution in [2.45, 2.75) is 52.1 Å². The SMILES string of the molecule is CC(C)OC(=O)N(CC1CCCCC1)c1ccccc1-c1sc(C(=O)O)c(OCC(=O)O)c1Br. The van der Waals surface area contributed by atoms with Crippen molar-refractivity contribution in [3.63, 3.8) is 0 Å². The van der Waals surface area contributed by atoms with Crippen LogP contribution in [0.15, 0.2) is 28.7 Å². The van der Waals surface area contributed by atoms with Gasteiger partial charge in [0.1, 0.15) is 0 Å². The van der Waals surface area contributed by atoms with Crippen LogP contribution >= 0.6 is 27.3 Å². The Bertz CT molecular complexity index is 1050. The molecule has 0 saturated heterocycles. The number of aliphatic carboxylic acids is 1. The number of hydrogen-bond donors (Lipinski definition) is 2. The van der Waals surface area contributed by atoms with Crippen LogP contribution in [0.2, 0.25) is 0 Å². The lowest BCUT2D eigenvalue weighted by Gasteiger charge is -2.31. The molecule has 8 nitrogen and oxygen atoms in total. The first-order valence-corrected chi connectivity index (χ1v) is 12.8. The van der Waals surface area contributed by atoms with Gasteiger partial charge in [0, 0.05) is 12.1 Å². The van der Waals surface area contributed by atoms with Crippen LogP contribution in [-0.4, -0.2) is 47.5 Å². The number of amides is 1. The number of rotatable bonds is 9. The van der Waals surface area contributed by atoms with Crippen LogP contribution < -0.4 is 9.64 Å². The first-order chi connectivity index (χ1) is 16.2. The molecular formula is C24H28BrNO7S. The third-order valence-electron chi connectivity index (χ3n) is 5.51. The summed E-state index contributed by atoms with van der Waals surface area (Å²) < 4.78 is 11.2. The number of thiophene rings is 1. The van der Waals surface area contributed by atoms with Crippen molar-refractivity contribution in [3.8, 4) is 16.2 Å². The first-order valence-electron chi connectivity index (χ1n) is 11.2. The fourth-order valence-corrected chi connectivity index (χ4v) is 5.95. The number of halogens is 1. The van der Waals surface area contributed by atoms with Gasteiger partial charge in [0.25, 0.3) is 0 Å². The third kappa shape index (κ3) is 6.29. The van der Waals surface area contributed by atoms with Gasteiger partial charge in [0.05, 0.1) is 21.1 Å². The van der Waals surface area contributed by atoms with E-state index in [9.17, 15) is 19.5 Å². The molecule has 0 atom stereocenters. The molecule has 1 aliphatic carbocycles. The molecule has 1 amide bonds. The second-order valence-electron chi connectivity index (χ2n) is 8.46. The van der Waals surface area contributed by atoms with Gasteiger partial charge in [0.15, 0.2) is 17.2 Å². The van der Waals surface area contributed by atoms with E-state index in [-0.39, 0.29) is 16.7 Å². The summed E-state index contributed by atoms with van der Waals surface area (Å²) in [5, 5.41) is 18.7. The van der Waals surface area contributed by atoms with Crippen LogP contribution in [0.4, 0.5) is 10.5 Å². The van der Waals surface area contributed by atoms with Gasteiger partial charge in [-0.05, 0) is 54.6 Å². The third-order valence-corrected chi connectivity index (χ3v) is 7.72. The topological polar surface area (TPSA) is 113 Å². The number of carbonyl (C=O) groups is 3. The first kappa shape index (κ1) is 26.0. The number of para-hydroxylation sites is 1. The summed E-state index contributed by atoms with van der Waals surface area (Å²) in [6.45, 7) is 3.41. The minimum atomic E-state index is -1.23. The molecule has 1 saturated carbocycles. The van der Waals surface area contributed by atoms with Crippen molar-refractivity contribution >= 4 is 51.0 Å². The van der Waals surface area contributed by atoms with E-state index < -0.39 is 24.6 Å². The Labute approximate surface area is 210 Å². The smallest absolute Gasteiger partial charge is 0.414 e. The van der Waals surface area contributed by atoms with E-state index in [0.29, 0.717) is 33.1 Å². The minimum Gasteiger partial charge on any atom is -0.479 e. The van der Waals surface area contributed by atoms with E-state index in [2.05, 4.69) is 15.9 Å². The molecule has 1 aromatic carbocycles. The molecule has 34 heavy (non-hydrogen) atoms. The van der Waals surface area contributed by atoms with E-state index in [4.69, 9.17) is 14.6 Å². The Kier molecular flexibility index (Phi) is 8.96. The van der Waals surface area contributed by atoms with Crippen LogP contribution in [0.25, 0.3) is 10.4 Å². The van der Waals surface area contributed by atoms with E-state index in [1.54, 1.807) is 30.9 Å². The van der Waals surface area contributed by atoms with Gasteiger partial charge >= 0.3 is 18.0 Å². The molecule has 2 aromatic rings. The molecule has 1 aliphatic rings. The molecule has 0 bridgehead atoms. The highest BCUT2D eigenvalue weighted by Crippen LogP contribution is 2.48. The van der Waals surface area contributed by atoms with Crippen molar-refractivity contribution in [1.29, 1.82) is 0 Å². The van der Waals surface area contributed by atoms with Gasteiger partial charge in [-0.15, -0.1) is 11.3 Å². The summed E-state index contributed by atoms with van der Waals surface area (Å²) >= 11 is 4.37. The molecule has 2 N–H and O–H groups in total. The maximum absolute atomic E-state index is 13.2. The van der Waals surface area contributed by atoms with E-state index in [1.807, 2.05) is 12.1 Å². The Morgan fingerprint density at radius 2 is 1.82 bits per heavy atom. The number of carboxylic acids is 2. The normalized spacial score (nSPS) is 14.1. The highest BCUT2D eigenvalue weighted by molar-refractivity contribution is 9.10. The van der Waals surface area contributed by atoms with E-state index in [1.165, 1.54) is 6.42 Å². The van der Waals surface area contributed by atoms with Gasteiger partial charge in [0.2, 0.25) is 0 Å². The van der Waals surface area contributed by atoms with Gasteiger partial charge in [-0.1, -0.05) is 37.5 Å². The molecule has 1 fully saturated rings. The van der Waals surface area contributed by atoms with Crippen molar-refractivity contribution in [1.82, 2.24) is 0 Å². The molecule has 184 valence electrons. The number of carboxylic acid groups (broad SMARTS) is 2. The molecule has 0 unspecified atom stereocenters. The molecule has 10 heteroatoms. The number of aromatic carboxylic acids is 1. The zero-order valence-electron chi connectivity index (χ0n) is 19.1. The number of nitrogens with zero attached hydrogens (tertiary/aromatic N) is 1. The van der Waals surface area contributed by atoms with E-state index in [0.717, 1.165) is 37.0 Å². The summed E-state index contributed by atoms with van der Waals surface area (Å²) in [4.78, 5) is 38.1. The van der Waals surface area contributed by atoms with Crippen LogP contribution in [0.3, 0.4) is 0 Å². The van der Waals surface area contributed by atoms with Crippen molar-refractivity contribution < 1.29 is 34.1 Å². The van der Waals surface area contributed by atoms with Gasteiger partial charge < -0.3 is 19.7 Å². The van der Waals surface area contributed by atoms with Crippen LogP contribution in [0.1, 0.15) is 55.6 Å². The van der Waals surface area contributed by atoms with Crippen molar-refractivity contribution in [2.75, 3.05) is 18.1 Å². The lowest BCUT2D eigenvalue weighted by atomic mass is 9.89. The van der Waals surface area contributed by atoms with Crippen LogP contribution in [0, 0.1) is 5.92 Å². The standard InChI is InChI=1S/C24H28BrNO7S/c1-14(2)33-24(31)26(12-15-8-4-3-5-9-15)17-11-7-6-10-16(17)21-19(25)20(32-13-18(27)28)22(34-21)23(29)30/h6-7,10-11,14-15H,3-5,8-9,12-13H2,1-2H3,(H,27,28)(H,29,30). The van der Waals surface area contributed by atoms with Gasteiger partial charge in [-0.25, -0.2) is 14.4 Å². The fraction of sp³-hybridized carbons (Fsp3) is 0.458. The Morgan fingerprint density at radius 1 is 1.15 bits per heavy atom. The molecule has 1 heterocycles. The zero-order valence-corrected chi connectivity index (χ0v) is 21.5. The number of anilines is 1. The van der Waals surface area contributed by atoms with Gasteiger partial charge in [-0.3, -0.25) is 4.90 Å². The number of benzene rings is 1. The molecule has 3 rings (SSSR count). The predicted molar refractivity (Wildman–Crippen MR) is 133 cm³/mol. The summed E-state index contributed by atoms with van der Waals surface area (Å²) in [7, 11) is 0.